The van der Waals surface area contributed by atoms with Crippen LogP contribution in [0.15, 0.2) is 100 Å². The van der Waals surface area contributed by atoms with Crippen molar-refractivity contribution in [1.29, 1.82) is 0 Å². The molecule has 0 saturated heterocycles. The summed E-state index contributed by atoms with van der Waals surface area (Å²) in [5, 5.41) is 0. The summed E-state index contributed by atoms with van der Waals surface area (Å²) < 4.78 is 16.6. The van der Waals surface area contributed by atoms with Gasteiger partial charge in [0.15, 0.2) is 0 Å². The fraction of sp³-hybridized carbons (Fsp3) is 0.125. The summed E-state index contributed by atoms with van der Waals surface area (Å²) in [7, 11) is 0. The predicted octanol–water partition coefficient (Wildman–Crippen LogP) is 5.29. The van der Waals surface area contributed by atoms with E-state index in [9.17, 15) is 4.79 Å². The molecule has 146 valence electrons. The standard InChI is InChI=1S/C24H21NO4/c26-24(25(16-22-8-4-14-27-22)17-23-9-5-15-28-23)20-12-10-19(11-13-20)18-29-21-6-2-1-3-7-21/h1-15H,16-18H2. The van der Waals surface area contributed by atoms with E-state index in [1.807, 2.05) is 78.9 Å². The third-order valence-electron chi connectivity index (χ3n) is 4.49. The molecule has 0 spiro atoms. The van der Waals surface area contributed by atoms with Crippen LogP contribution in [0.2, 0.25) is 0 Å². The van der Waals surface area contributed by atoms with Gasteiger partial charge in [0.05, 0.1) is 25.6 Å². The molecule has 1 amide bonds. The Hall–Kier alpha value is -3.73. The average molecular weight is 387 g/mol. The van der Waals surface area contributed by atoms with Gasteiger partial charge < -0.3 is 18.5 Å². The third kappa shape index (κ3) is 4.96. The molecule has 2 heterocycles. The Morgan fingerprint density at radius 3 is 1.93 bits per heavy atom. The summed E-state index contributed by atoms with van der Waals surface area (Å²) in [6.07, 6.45) is 3.21. The SMILES string of the molecule is O=C(c1ccc(COc2ccccc2)cc1)N(Cc1ccco1)Cc1ccco1. The van der Waals surface area contributed by atoms with Gasteiger partial charge in [0.1, 0.15) is 23.9 Å². The summed E-state index contributed by atoms with van der Waals surface area (Å²) in [6, 6.07) is 24.4. The Balaban J connectivity index is 1.44. The zero-order valence-corrected chi connectivity index (χ0v) is 15.9. The van der Waals surface area contributed by atoms with Crippen LogP contribution in [0.3, 0.4) is 0 Å². The number of benzene rings is 2. The molecule has 29 heavy (non-hydrogen) atoms. The molecule has 0 aliphatic carbocycles. The van der Waals surface area contributed by atoms with Crippen LogP contribution in [0.5, 0.6) is 5.75 Å². The summed E-state index contributed by atoms with van der Waals surface area (Å²) in [5.74, 6) is 2.17. The molecule has 0 N–H and O–H groups in total. The maximum atomic E-state index is 13.1. The smallest absolute Gasteiger partial charge is 0.254 e. The van der Waals surface area contributed by atoms with Crippen molar-refractivity contribution in [2.24, 2.45) is 0 Å². The van der Waals surface area contributed by atoms with Crippen molar-refractivity contribution in [1.82, 2.24) is 4.90 Å². The van der Waals surface area contributed by atoms with Crippen molar-refractivity contribution in [3.63, 3.8) is 0 Å². The number of para-hydroxylation sites is 1. The number of amides is 1. The van der Waals surface area contributed by atoms with Gasteiger partial charge in [0, 0.05) is 5.56 Å². The van der Waals surface area contributed by atoms with Gasteiger partial charge in [-0.3, -0.25) is 4.79 Å². The number of furan rings is 2. The molecule has 4 rings (SSSR count). The number of carbonyl (C=O) groups is 1. The number of ether oxygens (including phenoxy) is 1. The maximum absolute atomic E-state index is 13.1. The van der Waals surface area contributed by atoms with Gasteiger partial charge >= 0.3 is 0 Å². The topological polar surface area (TPSA) is 55.8 Å². The van der Waals surface area contributed by atoms with Crippen molar-refractivity contribution < 1.29 is 18.4 Å². The van der Waals surface area contributed by atoms with Crippen LogP contribution in [-0.4, -0.2) is 10.8 Å². The van der Waals surface area contributed by atoms with E-state index in [1.165, 1.54) is 0 Å². The van der Waals surface area contributed by atoms with Crippen molar-refractivity contribution >= 4 is 5.91 Å². The Kier molecular flexibility index (Phi) is 5.76. The number of hydrogen-bond donors (Lipinski definition) is 0. The van der Waals surface area contributed by atoms with Gasteiger partial charge in [-0.25, -0.2) is 0 Å². The molecule has 5 heteroatoms. The van der Waals surface area contributed by atoms with Crippen molar-refractivity contribution in [2.45, 2.75) is 19.7 Å². The largest absolute Gasteiger partial charge is 0.489 e. The number of rotatable bonds is 8. The van der Waals surface area contributed by atoms with E-state index in [0.717, 1.165) is 22.8 Å². The Morgan fingerprint density at radius 1 is 0.759 bits per heavy atom. The van der Waals surface area contributed by atoms with Crippen LogP contribution in [-0.2, 0) is 19.7 Å². The normalized spacial score (nSPS) is 10.6. The first-order valence-electron chi connectivity index (χ1n) is 9.39. The van der Waals surface area contributed by atoms with Crippen LogP contribution in [0, 0.1) is 0 Å². The predicted molar refractivity (Wildman–Crippen MR) is 108 cm³/mol. The fourth-order valence-corrected chi connectivity index (χ4v) is 2.99. The van der Waals surface area contributed by atoms with Crippen molar-refractivity contribution in [2.75, 3.05) is 0 Å². The van der Waals surface area contributed by atoms with Crippen LogP contribution in [0.25, 0.3) is 0 Å². The first-order chi connectivity index (χ1) is 14.3. The van der Waals surface area contributed by atoms with Crippen LogP contribution in [0.4, 0.5) is 0 Å². The first-order valence-corrected chi connectivity index (χ1v) is 9.39. The Bertz CT molecular complexity index is 970. The molecule has 0 fully saturated rings. The minimum absolute atomic E-state index is 0.0895. The highest BCUT2D eigenvalue weighted by Crippen LogP contribution is 2.17. The summed E-state index contributed by atoms with van der Waals surface area (Å²) in [6.45, 7) is 1.18. The van der Waals surface area contributed by atoms with E-state index in [4.69, 9.17) is 13.6 Å². The summed E-state index contributed by atoms with van der Waals surface area (Å²) in [5.41, 5.74) is 1.60. The van der Waals surface area contributed by atoms with Gasteiger partial charge in [-0.15, -0.1) is 0 Å². The van der Waals surface area contributed by atoms with Gasteiger partial charge in [-0.1, -0.05) is 30.3 Å². The molecule has 0 aliphatic heterocycles. The highest BCUT2D eigenvalue weighted by molar-refractivity contribution is 5.94. The third-order valence-corrected chi connectivity index (χ3v) is 4.49. The van der Waals surface area contributed by atoms with Crippen LogP contribution < -0.4 is 4.74 Å². The lowest BCUT2D eigenvalue weighted by Crippen LogP contribution is -2.29. The molecule has 0 bridgehead atoms. The van der Waals surface area contributed by atoms with Crippen LogP contribution in [0.1, 0.15) is 27.4 Å². The molecule has 2 aromatic heterocycles. The minimum Gasteiger partial charge on any atom is -0.489 e. The van der Waals surface area contributed by atoms with E-state index in [1.54, 1.807) is 17.4 Å². The van der Waals surface area contributed by atoms with E-state index in [2.05, 4.69) is 0 Å². The summed E-state index contributed by atoms with van der Waals surface area (Å²) >= 11 is 0. The van der Waals surface area contributed by atoms with Gasteiger partial charge in [-0.05, 0) is 54.1 Å². The second-order valence-electron chi connectivity index (χ2n) is 6.62. The second-order valence-corrected chi connectivity index (χ2v) is 6.62. The molecule has 0 radical (unpaired) electrons. The van der Waals surface area contributed by atoms with Crippen molar-refractivity contribution in [3.05, 3.63) is 114 Å². The molecule has 4 aromatic rings. The molecule has 0 saturated carbocycles. The maximum Gasteiger partial charge on any atom is 0.254 e. The van der Waals surface area contributed by atoms with Gasteiger partial charge in [0.2, 0.25) is 0 Å². The molecular formula is C24H21NO4. The zero-order chi connectivity index (χ0) is 19.9. The van der Waals surface area contributed by atoms with E-state index in [-0.39, 0.29) is 5.91 Å². The highest BCUT2D eigenvalue weighted by Gasteiger charge is 2.19. The molecule has 5 nitrogen and oxygen atoms in total. The minimum atomic E-state index is -0.0895. The quantitative estimate of drug-likeness (QED) is 0.412. The van der Waals surface area contributed by atoms with Gasteiger partial charge in [-0.2, -0.15) is 0 Å². The molecule has 0 atom stereocenters. The number of nitrogens with zero attached hydrogens (tertiary/aromatic N) is 1. The second kappa shape index (κ2) is 8.97. The molecular weight excluding hydrogens is 366 g/mol. The number of hydrogen-bond acceptors (Lipinski definition) is 4. The zero-order valence-electron chi connectivity index (χ0n) is 15.9. The lowest BCUT2D eigenvalue weighted by atomic mass is 10.1. The Labute approximate surface area is 169 Å². The Morgan fingerprint density at radius 2 is 1.38 bits per heavy atom. The lowest BCUT2D eigenvalue weighted by Gasteiger charge is -2.21. The molecule has 0 aliphatic rings. The van der Waals surface area contributed by atoms with Crippen molar-refractivity contribution in [3.8, 4) is 5.75 Å². The average Bonchev–Trinajstić information content (AvgIpc) is 3.47. The molecule has 0 unspecified atom stereocenters. The fourth-order valence-electron chi connectivity index (χ4n) is 2.99. The first kappa shape index (κ1) is 18.6. The summed E-state index contributed by atoms with van der Waals surface area (Å²) in [4.78, 5) is 14.8. The van der Waals surface area contributed by atoms with Crippen LogP contribution >= 0.6 is 0 Å². The molecule has 2 aromatic carbocycles. The monoisotopic (exact) mass is 387 g/mol. The van der Waals surface area contributed by atoms with E-state index in [0.29, 0.717) is 25.3 Å². The number of carbonyl (C=O) groups excluding carboxylic acids is 1. The van der Waals surface area contributed by atoms with E-state index < -0.39 is 0 Å². The lowest BCUT2D eigenvalue weighted by molar-refractivity contribution is 0.0705. The van der Waals surface area contributed by atoms with E-state index >= 15 is 0 Å². The van der Waals surface area contributed by atoms with Gasteiger partial charge in [0.25, 0.3) is 5.91 Å². The highest BCUT2D eigenvalue weighted by atomic mass is 16.5.